The van der Waals surface area contributed by atoms with Gasteiger partial charge in [0.1, 0.15) is 0 Å². The van der Waals surface area contributed by atoms with Crippen molar-refractivity contribution in [3.05, 3.63) is 47.2 Å². The number of benzene rings is 1. The van der Waals surface area contributed by atoms with E-state index in [9.17, 15) is 9.90 Å². The highest BCUT2D eigenvalue weighted by molar-refractivity contribution is 6.32. The normalized spacial score (nSPS) is 17.0. The summed E-state index contributed by atoms with van der Waals surface area (Å²) < 4.78 is 1.57. The van der Waals surface area contributed by atoms with Gasteiger partial charge in [0.25, 0.3) is 5.91 Å². The van der Waals surface area contributed by atoms with Gasteiger partial charge in [-0.25, -0.2) is 4.68 Å². The molecule has 1 heterocycles. The summed E-state index contributed by atoms with van der Waals surface area (Å²) in [6.07, 6.45) is 5.22. The van der Waals surface area contributed by atoms with E-state index in [0.717, 1.165) is 18.5 Å². The third-order valence-corrected chi connectivity index (χ3v) is 4.47. The molecule has 2 N–H and O–H groups in total. The van der Waals surface area contributed by atoms with Gasteiger partial charge in [-0.3, -0.25) is 4.79 Å². The van der Waals surface area contributed by atoms with Gasteiger partial charge < -0.3 is 10.4 Å². The molecule has 1 fully saturated rings. The Labute approximate surface area is 133 Å². The molecule has 1 aliphatic carbocycles. The molecular weight excluding hydrogens is 302 g/mol. The predicted molar refractivity (Wildman–Crippen MR) is 84.3 cm³/mol. The largest absolute Gasteiger partial charge is 0.394 e. The Balaban J connectivity index is 1.79. The molecule has 116 valence electrons. The molecular formula is C16H18ClN3O2. The molecule has 1 saturated carbocycles. The number of aliphatic hydroxyl groups is 1. The van der Waals surface area contributed by atoms with Crippen molar-refractivity contribution in [3.63, 3.8) is 0 Å². The molecule has 1 aromatic heterocycles. The molecule has 1 aliphatic rings. The van der Waals surface area contributed by atoms with Gasteiger partial charge in [0.2, 0.25) is 0 Å². The van der Waals surface area contributed by atoms with Crippen LogP contribution in [0.2, 0.25) is 5.02 Å². The summed E-state index contributed by atoms with van der Waals surface area (Å²) in [6, 6.07) is 7.30. The molecule has 1 amide bonds. The number of nitrogens with zero attached hydrogens (tertiary/aromatic N) is 2. The Bertz CT molecular complexity index is 696. The van der Waals surface area contributed by atoms with E-state index in [1.807, 2.05) is 25.1 Å². The van der Waals surface area contributed by atoms with Gasteiger partial charge in [-0.15, -0.1) is 0 Å². The first kappa shape index (κ1) is 15.1. The zero-order valence-corrected chi connectivity index (χ0v) is 13.0. The molecule has 0 aliphatic heterocycles. The maximum Gasteiger partial charge on any atom is 0.254 e. The van der Waals surface area contributed by atoms with Crippen LogP contribution >= 0.6 is 11.6 Å². The first-order valence-corrected chi connectivity index (χ1v) is 7.64. The van der Waals surface area contributed by atoms with Crippen molar-refractivity contribution in [1.29, 1.82) is 0 Å². The summed E-state index contributed by atoms with van der Waals surface area (Å²) in [7, 11) is 0. The van der Waals surface area contributed by atoms with Crippen LogP contribution in [0.15, 0.2) is 36.7 Å². The van der Waals surface area contributed by atoms with E-state index in [0.29, 0.717) is 16.5 Å². The Morgan fingerprint density at radius 3 is 2.86 bits per heavy atom. The highest BCUT2D eigenvalue weighted by atomic mass is 35.5. The van der Waals surface area contributed by atoms with E-state index < -0.39 is 5.54 Å². The van der Waals surface area contributed by atoms with Crippen molar-refractivity contribution in [3.8, 4) is 5.69 Å². The smallest absolute Gasteiger partial charge is 0.254 e. The van der Waals surface area contributed by atoms with Gasteiger partial charge in [-0.05, 0) is 37.8 Å². The van der Waals surface area contributed by atoms with Crippen LogP contribution in [0.5, 0.6) is 0 Å². The summed E-state index contributed by atoms with van der Waals surface area (Å²) in [5.41, 5.74) is 0.597. The van der Waals surface area contributed by atoms with Crippen LogP contribution in [-0.4, -0.2) is 32.9 Å². The monoisotopic (exact) mass is 319 g/mol. The minimum atomic E-state index is -0.566. The zero-order chi connectivity index (χ0) is 15.7. The second-order valence-electron chi connectivity index (χ2n) is 5.93. The van der Waals surface area contributed by atoms with E-state index >= 15 is 0 Å². The molecule has 2 aromatic rings. The third-order valence-electron chi connectivity index (χ3n) is 4.15. The van der Waals surface area contributed by atoms with Gasteiger partial charge >= 0.3 is 0 Å². The van der Waals surface area contributed by atoms with Crippen molar-refractivity contribution in [2.75, 3.05) is 6.61 Å². The van der Waals surface area contributed by atoms with Crippen LogP contribution in [0, 0.1) is 5.92 Å². The lowest BCUT2D eigenvalue weighted by molar-refractivity contribution is 0.0824. The van der Waals surface area contributed by atoms with Gasteiger partial charge in [0.05, 0.1) is 34.6 Å². The summed E-state index contributed by atoms with van der Waals surface area (Å²) in [6.45, 7) is 1.81. The molecule has 0 saturated heterocycles. The third kappa shape index (κ3) is 2.87. The Morgan fingerprint density at radius 1 is 1.50 bits per heavy atom. The second kappa shape index (κ2) is 5.74. The maximum absolute atomic E-state index is 12.4. The van der Waals surface area contributed by atoms with Crippen LogP contribution in [0.25, 0.3) is 5.69 Å². The predicted octanol–water partition coefficient (Wildman–Crippen LogP) is 2.42. The van der Waals surface area contributed by atoms with Crippen LogP contribution in [-0.2, 0) is 0 Å². The molecule has 0 bridgehead atoms. The molecule has 6 heteroatoms. The molecule has 0 radical (unpaired) electrons. The van der Waals surface area contributed by atoms with Crippen LogP contribution in [0.1, 0.15) is 30.1 Å². The average molecular weight is 320 g/mol. The quantitative estimate of drug-likeness (QED) is 0.889. The van der Waals surface area contributed by atoms with E-state index in [1.54, 1.807) is 16.9 Å². The number of aromatic nitrogens is 2. The van der Waals surface area contributed by atoms with Crippen LogP contribution < -0.4 is 5.32 Å². The lowest BCUT2D eigenvalue weighted by atomic mass is 9.96. The SMILES string of the molecule is CC(CO)(NC(=O)c1cnn(-c2ccccc2Cl)c1)C1CC1. The summed E-state index contributed by atoms with van der Waals surface area (Å²) in [5, 5.41) is 17.2. The average Bonchev–Trinajstić information content (AvgIpc) is 3.26. The number of carbonyl (C=O) groups is 1. The fourth-order valence-corrected chi connectivity index (χ4v) is 2.75. The minimum Gasteiger partial charge on any atom is -0.394 e. The molecule has 22 heavy (non-hydrogen) atoms. The molecule has 1 atom stereocenters. The van der Waals surface area contributed by atoms with E-state index in [1.165, 1.54) is 6.20 Å². The standard InChI is InChI=1S/C16H18ClN3O2/c1-16(10-21,12-6-7-12)19-15(22)11-8-18-20(9-11)14-5-3-2-4-13(14)17/h2-5,8-9,12,21H,6-7,10H2,1H3,(H,19,22). The van der Waals surface area contributed by atoms with Crippen LogP contribution in [0.4, 0.5) is 0 Å². The van der Waals surface area contributed by atoms with Gasteiger partial charge in [0, 0.05) is 6.20 Å². The van der Waals surface area contributed by atoms with Crippen molar-refractivity contribution in [2.45, 2.75) is 25.3 Å². The second-order valence-corrected chi connectivity index (χ2v) is 6.34. The highest BCUT2D eigenvalue weighted by Gasteiger charge is 2.42. The molecule has 1 unspecified atom stereocenters. The number of nitrogens with one attached hydrogen (secondary N) is 1. The Kier molecular flexibility index (Phi) is 3.93. The van der Waals surface area contributed by atoms with E-state index in [-0.39, 0.29) is 12.5 Å². The summed E-state index contributed by atoms with van der Waals surface area (Å²) >= 11 is 6.13. The zero-order valence-electron chi connectivity index (χ0n) is 12.3. The molecule has 5 nitrogen and oxygen atoms in total. The minimum absolute atomic E-state index is 0.0674. The number of hydrogen-bond donors (Lipinski definition) is 2. The van der Waals surface area contributed by atoms with Crippen LogP contribution in [0.3, 0.4) is 0 Å². The number of amides is 1. The molecule has 1 aromatic carbocycles. The first-order valence-electron chi connectivity index (χ1n) is 7.26. The fraction of sp³-hybridized carbons (Fsp3) is 0.375. The number of halogens is 1. The van der Waals surface area contributed by atoms with E-state index in [4.69, 9.17) is 11.6 Å². The van der Waals surface area contributed by atoms with Crippen molar-refractivity contribution >= 4 is 17.5 Å². The number of hydrogen-bond acceptors (Lipinski definition) is 3. The molecule has 0 spiro atoms. The van der Waals surface area contributed by atoms with Crippen molar-refractivity contribution in [1.82, 2.24) is 15.1 Å². The van der Waals surface area contributed by atoms with E-state index in [2.05, 4.69) is 10.4 Å². The lowest BCUT2D eigenvalue weighted by Gasteiger charge is -2.28. The van der Waals surface area contributed by atoms with Gasteiger partial charge in [-0.2, -0.15) is 5.10 Å². The highest BCUT2D eigenvalue weighted by Crippen LogP contribution is 2.39. The Hall–Kier alpha value is -1.85. The summed E-state index contributed by atoms with van der Waals surface area (Å²) in [4.78, 5) is 12.4. The molecule has 3 rings (SSSR count). The maximum atomic E-state index is 12.4. The van der Waals surface area contributed by atoms with Crippen molar-refractivity contribution < 1.29 is 9.90 Å². The van der Waals surface area contributed by atoms with Crippen molar-refractivity contribution in [2.24, 2.45) is 5.92 Å². The first-order chi connectivity index (χ1) is 10.5. The number of aliphatic hydroxyl groups excluding tert-OH is 1. The Morgan fingerprint density at radius 2 is 2.23 bits per heavy atom. The van der Waals surface area contributed by atoms with Gasteiger partial charge in [-0.1, -0.05) is 23.7 Å². The summed E-state index contributed by atoms with van der Waals surface area (Å²) in [5.74, 6) is 0.113. The number of rotatable bonds is 5. The number of carbonyl (C=O) groups excluding carboxylic acids is 1. The van der Waals surface area contributed by atoms with Gasteiger partial charge in [0.15, 0.2) is 0 Å². The fourth-order valence-electron chi connectivity index (χ4n) is 2.53. The topological polar surface area (TPSA) is 67.2 Å². The lowest BCUT2D eigenvalue weighted by Crippen LogP contribution is -2.50. The number of para-hydroxylation sites is 1.